The number of carbonyl (C=O) groups excluding carboxylic acids is 2. The zero-order chi connectivity index (χ0) is 23.6. The summed E-state index contributed by atoms with van der Waals surface area (Å²) >= 11 is 1.08. The van der Waals surface area contributed by atoms with Gasteiger partial charge in [-0.25, -0.2) is 9.78 Å². The Morgan fingerprint density at radius 3 is 2.27 bits per heavy atom. The highest BCUT2D eigenvalue weighted by Gasteiger charge is 2.29. The van der Waals surface area contributed by atoms with Crippen LogP contribution >= 0.6 is 11.3 Å². The number of fused-ring (bicyclic) bond motifs is 3. The van der Waals surface area contributed by atoms with E-state index in [2.05, 4.69) is 27.8 Å². The second-order valence-electron chi connectivity index (χ2n) is 8.40. The minimum atomic E-state index is -1.02. The molecule has 1 aromatic heterocycles. The Morgan fingerprint density at radius 1 is 1.06 bits per heavy atom. The molecule has 3 aromatic rings. The van der Waals surface area contributed by atoms with Crippen molar-refractivity contribution in [2.45, 2.75) is 31.7 Å². The van der Waals surface area contributed by atoms with Gasteiger partial charge in [-0.05, 0) is 36.1 Å². The Bertz CT molecular complexity index is 1170. The van der Waals surface area contributed by atoms with E-state index in [1.807, 2.05) is 36.4 Å². The maximum atomic E-state index is 12.4. The lowest BCUT2D eigenvalue weighted by Crippen LogP contribution is -2.45. The minimum Gasteiger partial charge on any atom is -0.481 e. The molecule has 2 amide bonds. The van der Waals surface area contributed by atoms with Crippen molar-refractivity contribution in [2.24, 2.45) is 0 Å². The average molecular weight is 466 g/mol. The first-order valence-electron chi connectivity index (χ1n) is 10.4. The summed E-state index contributed by atoms with van der Waals surface area (Å²) in [6, 6.07) is 16.1. The summed E-state index contributed by atoms with van der Waals surface area (Å²) in [6.45, 7) is 3.39. The molecule has 9 heteroatoms. The van der Waals surface area contributed by atoms with Crippen LogP contribution in [-0.4, -0.2) is 40.2 Å². The molecule has 0 spiro atoms. The van der Waals surface area contributed by atoms with Crippen molar-refractivity contribution in [1.82, 2.24) is 10.3 Å². The molecule has 0 saturated carbocycles. The van der Waals surface area contributed by atoms with Crippen LogP contribution in [0.3, 0.4) is 0 Å². The second-order valence-corrected chi connectivity index (χ2v) is 9.26. The number of carboxylic acid groups (broad SMARTS) is 1. The van der Waals surface area contributed by atoms with Crippen LogP contribution in [0.25, 0.3) is 11.1 Å². The number of aromatic nitrogens is 1. The van der Waals surface area contributed by atoms with Crippen molar-refractivity contribution in [3.63, 3.8) is 0 Å². The highest BCUT2D eigenvalue weighted by molar-refractivity contribution is 7.14. The monoisotopic (exact) mass is 465 g/mol. The Labute approximate surface area is 194 Å². The predicted molar refractivity (Wildman–Crippen MR) is 125 cm³/mol. The highest BCUT2D eigenvalue weighted by atomic mass is 32.1. The van der Waals surface area contributed by atoms with Gasteiger partial charge >= 0.3 is 12.1 Å². The number of benzene rings is 2. The van der Waals surface area contributed by atoms with E-state index < -0.39 is 23.5 Å². The lowest BCUT2D eigenvalue weighted by atomic mass is 9.98. The Kier molecular flexibility index (Phi) is 6.15. The van der Waals surface area contributed by atoms with E-state index in [-0.39, 0.29) is 29.8 Å². The molecule has 0 radical (unpaired) electrons. The van der Waals surface area contributed by atoms with Gasteiger partial charge in [0.05, 0.1) is 6.42 Å². The van der Waals surface area contributed by atoms with Crippen molar-refractivity contribution in [1.29, 1.82) is 0 Å². The first-order chi connectivity index (χ1) is 15.7. The third-order valence-corrected chi connectivity index (χ3v) is 6.09. The Balaban J connectivity index is 1.36. The first-order valence-corrected chi connectivity index (χ1v) is 11.2. The minimum absolute atomic E-state index is 0.0581. The molecule has 33 heavy (non-hydrogen) atoms. The van der Waals surface area contributed by atoms with Gasteiger partial charge in [0.2, 0.25) is 0 Å². The average Bonchev–Trinajstić information content (AvgIpc) is 3.34. The van der Waals surface area contributed by atoms with Gasteiger partial charge < -0.3 is 15.2 Å². The summed E-state index contributed by atoms with van der Waals surface area (Å²) in [4.78, 5) is 39.8. The molecule has 1 heterocycles. The van der Waals surface area contributed by atoms with E-state index >= 15 is 0 Å². The molecule has 4 rings (SSSR count). The number of amides is 2. The third kappa shape index (κ3) is 5.04. The van der Waals surface area contributed by atoms with Gasteiger partial charge in [-0.15, -0.1) is 11.3 Å². The van der Waals surface area contributed by atoms with Crippen LogP contribution in [0.2, 0.25) is 0 Å². The van der Waals surface area contributed by atoms with Crippen LogP contribution in [0.4, 0.5) is 9.93 Å². The van der Waals surface area contributed by atoms with E-state index in [0.717, 1.165) is 33.6 Å². The number of anilines is 1. The summed E-state index contributed by atoms with van der Waals surface area (Å²) in [6.07, 6.45) is -0.891. The maximum Gasteiger partial charge on any atom is 0.413 e. The number of nitrogens with zero attached hydrogens (tertiary/aromatic N) is 1. The summed E-state index contributed by atoms with van der Waals surface area (Å²) in [5.41, 5.74) is 3.67. The zero-order valence-electron chi connectivity index (χ0n) is 18.1. The number of carboxylic acids is 1. The second kappa shape index (κ2) is 9.03. The largest absolute Gasteiger partial charge is 0.481 e. The molecule has 3 N–H and O–H groups in total. The number of hydrogen-bond donors (Lipinski definition) is 3. The summed E-state index contributed by atoms with van der Waals surface area (Å²) in [5.74, 6) is -1.59. The first kappa shape index (κ1) is 22.5. The van der Waals surface area contributed by atoms with Crippen LogP contribution in [0.1, 0.15) is 47.8 Å². The lowest BCUT2D eigenvalue weighted by Gasteiger charge is -2.23. The molecule has 1 aliphatic carbocycles. The van der Waals surface area contributed by atoms with E-state index in [1.165, 1.54) is 5.38 Å². The molecule has 8 nitrogen and oxygen atoms in total. The molecule has 0 atom stereocenters. The fourth-order valence-corrected chi connectivity index (χ4v) is 4.63. The molecule has 0 saturated heterocycles. The number of hydrogen-bond acceptors (Lipinski definition) is 6. The van der Waals surface area contributed by atoms with Crippen LogP contribution in [0, 0.1) is 0 Å². The van der Waals surface area contributed by atoms with Crippen LogP contribution < -0.4 is 10.6 Å². The quantitative estimate of drug-likeness (QED) is 0.473. The van der Waals surface area contributed by atoms with Gasteiger partial charge in [-0.1, -0.05) is 48.5 Å². The van der Waals surface area contributed by atoms with Crippen molar-refractivity contribution in [3.05, 3.63) is 70.7 Å². The molecule has 0 aliphatic heterocycles. The van der Waals surface area contributed by atoms with Gasteiger partial charge in [0.1, 0.15) is 12.3 Å². The van der Waals surface area contributed by atoms with Crippen molar-refractivity contribution >= 4 is 34.4 Å². The Hall–Kier alpha value is -3.72. The van der Waals surface area contributed by atoms with Gasteiger partial charge in [0.15, 0.2) is 5.13 Å². The molecular formula is C24H23N3O5S. The zero-order valence-corrected chi connectivity index (χ0v) is 18.9. The topological polar surface area (TPSA) is 118 Å². The van der Waals surface area contributed by atoms with Crippen molar-refractivity contribution in [3.8, 4) is 11.1 Å². The number of nitrogens with one attached hydrogen (secondary N) is 2. The molecule has 0 bridgehead atoms. The summed E-state index contributed by atoms with van der Waals surface area (Å²) in [5, 5.41) is 15.8. The van der Waals surface area contributed by atoms with Gasteiger partial charge in [0.25, 0.3) is 5.91 Å². The van der Waals surface area contributed by atoms with Gasteiger partial charge in [-0.2, -0.15) is 0 Å². The van der Waals surface area contributed by atoms with Crippen LogP contribution in [0.15, 0.2) is 53.9 Å². The fourth-order valence-electron chi connectivity index (χ4n) is 3.95. The van der Waals surface area contributed by atoms with Gasteiger partial charge in [0, 0.05) is 16.8 Å². The standard InChI is InChI=1S/C24H23N3O5S/c1-24(2,11-20(28)29)27-21(30)19-13-33-22(25-19)26-23(31)32-12-18-16-9-5-3-7-14(16)15-8-4-6-10-17(15)18/h3-10,13,18H,11-12H2,1-2H3,(H,27,30)(H,28,29)(H,25,26,31). The molecule has 0 fully saturated rings. The molecule has 2 aromatic carbocycles. The summed E-state index contributed by atoms with van der Waals surface area (Å²) in [7, 11) is 0. The van der Waals surface area contributed by atoms with Crippen molar-refractivity contribution in [2.75, 3.05) is 11.9 Å². The molecular weight excluding hydrogens is 442 g/mol. The van der Waals surface area contributed by atoms with Gasteiger partial charge in [-0.3, -0.25) is 14.9 Å². The summed E-state index contributed by atoms with van der Waals surface area (Å²) < 4.78 is 5.49. The Morgan fingerprint density at radius 2 is 1.67 bits per heavy atom. The van der Waals surface area contributed by atoms with Crippen LogP contribution in [0.5, 0.6) is 0 Å². The van der Waals surface area contributed by atoms with Crippen LogP contribution in [-0.2, 0) is 9.53 Å². The highest BCUT2D eigenvalue weighted by Crippen LogP contribution is 2.44. The lowest BCUT2D eigenvalue weighted by molar-refractivity contribution is -0.138. The number of rotatable bonds is 7. The molecule has 0 unspecified atom stereocenters. The smallest absolute Gasteiger partial charge is 0.413 e. The van der Waals surface area contributed by atoms with E-state index in [9.17, 15) is 14.4 Å². The number of carbonyl (C=O) groups is 3. The number of thiazole rings is 1. The van der Waals surface area contributed by atoms with E-state index in [0.29, 0.717) is 0 Å². The molecule has 1 aliphatic rings. The maximum absolute atomic E-state index is 12.4. The third-order valence-electron chi connectivity index (χ3n) is 5.33. The number of ether oxygens (including phenoxy) is 1. The van der Waals surface area contributed by atoms with Crippen molar-refractivity contribution < 1.29 is 24.2 Å². The predicted octanol–water partition coefficient (Wildman–Crippen LogP) is 4.49. The van der Waals surface area contributed by atoms with E-state index in [1.54, 1.807) is 13.8 Å². The molecule has 170 valence electrons. The van der Waals surface area contributed by atoms with E-state index in [4.69, 9.17) is 9.84 Å². The SMILES string of the molecule is CC(C)(CC(=O)O)NC(=O)c1csc(NC(=O)OCC2c3ccccc3-c3ccccc32)n1. The normalized spacial score (nSPS) is 12.5. The number of aliphatic carboxylic acids is 1. The fraction of sp³-hybridized carbons (Fsp3) is 0.250.